The molecule has 108 valence electrons. The minimum absolute atomic E-state index is 0.320. The van der Waals surface area contributed by atoms with Gasteiger partial charge in [0.05, 0.1) is 0 Å². The molecular formula is C17H20N4. The SMILES string of the molecule is NNc1nc(C2CCc3ccccc32)nc2c1CCCC2. The molecule has 0 radical (unpaired) electrons. The van der Waals surface area contributed by atoms with Crippen LogP contribution in [-0.4, -0.2) is 9.97 Å². The van der Waals surface area contributed by atoms with Crippen molar-refractivity contribution < 1.29 is 0 Å². The van der Waals surface area contributed by atoms with Crippen molar-refractivity contribution in [3.63, 3.8) is 0 Å². The average molecular weight is 280 g/mol. The summed E-state index contributed by atoms with van der Waals surface area (Å²) in [5.41, 5.74) is 8.03. The molecule has 0 fully saturated rings. The summed E-state index contributed by atoms with van der Waals surface area (Å²) in [7, 11) is 0. The molecule has 4 heteroatoms. The summed E-state index contributed by atoms with van der Waals surface area (Å²) >= 11 is 0. The zero-order chi connectivity index (χ0) is 14.2. The second kappa shape index (κ2) is 5.11. The number of nitrogens with one attached hydrogen (secondary N) is 1. The van der Waals surface area contributed by atoms with Crippen molar-refractivity contribution in [3.05, 3.63) is 52.5 Å². The highest BCUT2D eigenvalue weighted by molar-refractivity contribution is 5.48. The Balaban J connectivity index is 1.80. The Morgan fingerprint density at radius 1 is 1.05 bits per heavy atom. The predicted octanol–water partition coefficient (Wildman–Crippen LogP) is 2.72. The van der Waals surface area contributed by atoms with Crippen molar-refractivity contribution in [2.24, 2.45) is 5.84 Å². The number of aryl methyl sites for hydroxylation is 2. The summed E-state index contributed by atoms with van der Waals surface area (Å²) in [5, 5.41) is 0. The number of hydrazine groups is 1. The lowest BCUT2D eigenvalue weighted by molar-refractivity contribution is 0.641. The Hall–Kier alpha value is -1.94. The number of rotatable bonds is 2. The maximum Gasteiger partial charge on any atom is 0.147 e. The van der Waals surface area contributed by atoms with E-state index in [2.05, 4.69) is 29.7 Å². The summed E-state index contributed by atoms with van der Waals surface area (Å²) in [4.78, 5) is 9.63. The minimum atomic E-state index is 0.320. The van der Waals surface area contributed by atoms with Crippen molar-refractivity contribution in [1.82, 2.24) is 9.97 Å². The second-order valence-corrected chi connectivity index (χ2v) is 6.00. The third-order valence-electron chi connectivity index (χ3n) is 4.78. The van der Waals surface area contributed by atoms with Crippen LogP contribution in [0, 0.1) is 0 Å². The van der Waals surface area contributed by atoms with E-state index < -0.39 is 0 Å². The molecule has 21 heavy (non-hydrogen) atoms. The van der Waals surface area contributed by atoms with Gasteiger partial charge in [-0.25, -0.2) is 15.8 Å². The van der Waals surface area contributed by atoms with Gasteiger partial charge in [-0.1, -0.05) is 24.3 Å². The van der Waals surface area contributed by atoms with Gasteiger partial charge < -0.3 is 5.43 Å². The standard InChI is InChI=1S/C17H20N4/c18-21-17-14-7-3-4-8-15(14)19-16(20-17)13-10-9-11-5-1-2-6-12(11)13/h1-2,5-6,13H,3-4,7-10,18H2,(H,19,20,21). The van der Waals surface area contributed by atoms with Crippen LogP contribution >= 0.6 is 0 Å². The molecule has 0 saturated heterocycles. The molecule has 0 saturated carbocycles. The van der Waals surface area contributed by atoms with Crippen LogP contribution < -0.4 is 11.3 Å². The number of benzene rings is 1. The third kappa shape index (κ3) is 2.10. The fourth-order valence-corrected chi connectivity index (χ4v) is 3.71. The zero-order valence-electron chi connectivity index (χ0n) is 12.1. The number of nitrogens with two attached hydrogens (primary N) is 1. The highest BCUT2D eigenvalue weighted by atomic mass is 15.3. The molecule has 0 bridgehead atoms. The van der Waals surface area contributed by atoms with E-state index in [1.165, 1.54) is 35.2 Å². The van der Waals surface area contributed by atoms with E-state index in [-0.39, 0.29) is 0 Å². The van der Waals surface area contributed by atoms with Gasteiger partial charge >= 0.3 is 0 Å². The quantitative estimate of drug-likeness (QED) is 0.656. The predicted molar refractivity (Wildman–Crippen MR) is 83.1 cm³/mol. The maximum absolute atomic E-state index is 5.70. The summed E-state index contributed by atoms with van der Waals surface area (Å²) in [6, 6.07) is 8.65. The van der Waals surface area contributed by atoms with E-state index in [9.17, 15) is 0 Å². The van der Waals surface area contributed by atoms with Gasteiger partial charge in [0.2, 0.25) is 0 Å². The van der Waals surface area contributed by atoms with Crippen LogP contribution in [-0.2, 0) is 19.3 Å². The zero-order valence-corrected chi connectivity index (χ0v) is 12.1. The van der Waals surface area contributed by atoms with Crippen LogP contribution in [0.25, 0.3) is 0 Å². The summed E-state index contributed by atoms with van der Waals surface area (Å²) in [5.74, 6) is 7.79. The van der Waals surface area contributed by atoms with Gasteiger partial charge in [0.15, 0.2) is 0 Å². The van der Waals surface area contributed by atoms with Crippen molar-refractivity contribution in [2.45, 2.75) is 44.4 Å². The molecule has 1 aromatic heterocycles. The first kappa shape index (κ1) is 12.8. The number of fused-ring (bicyclic) bond motifs is 2. The van der Waals surface area contributed by atoms with Crippen molar-refractivity contribution in [1.29, 1.82) is 0 Å². The number of hydrogen-bond acceptors (Lipinski definition) is 4. The van der Waals surface area contributed by atoms with Crippen LogP contribution in [0.15, 0.2) is 24.3 Å². The first-order valence-electron chi connectivity index (χ1n) is 7.81. The molecule has 2 aromatic rings. The third-order valence-corrected chi connectivity index (χ3v) is 4.78. The Labute approximate surface area is 124 Å². The molecule has 2 aliphatic carbocycles. The number of aromatic nitrogens is 2. The summed E-state index contributed by atoms with van der Waals surface area (Å²) < 4.78 is 0. The van der Waals surface area contributed by atoms with E-state index in [0.717, 1.165) is 37.3 Å². The number of hydrogen-bond donors (Lipinski definition) is 2. The molecule has 1 atom stereocenters. The Morgan fingerprint density at radius 2 is 1.90 bits per heavy atom. The van der Waals surface area contributed by atoms with Crippen molar-refractivity contribution >= 4 is 5.82 Å². The molecular weight excluding hydrogens is 260 g/mol. The van der Waals surface area contributed by atoms with E-state index in [1.54, 1.807) is 0 Å². The van der Waals surface area contributed by atoms with E-state index in [0.29, 0.717) is 5.92 Å². The second-order valence-electron chi connectivity index (χ2n) is 6.00. The fraction of sp³-hybridized carbons (Fsp3) is 0.412. The van der Waals surface area contributed by atoms with E-state index >= 15 is 0 Å². The van der Waals surface area contributed by atoms with Crippen LogP contribution in [0.5, 0.6) is 0 Å². The lowest BCUT2D eigenvalue weighted by Gasteiger charge is -2.20. The molecule has 0 spiro atoms. The summed E-state index contributed by atoms with van der Waals surface area (Å²) in [6.07, 6.45) is 6.73. The van der Waals surface area contributed by atoms with Gasteiger partial charge in [0.1, 0.15) is 11.6 Å². The number of anilines is 1. The normalized spacial score (nSPS) is 20.0. The first-order chi connectivity index (χ1) is 10.4. The first-order valence-corrected chi connectivity index (χ1v) is 7.81. The highest BCUT2D eigenvalue weighted by Crippen LogP contribution is 2.37. The van der Waals surface area contributed by atoms with Gasteiger partial charge in [-0.15, -0.1) is 0 Å². The lowest BCUT2D eigenvalue weighted by atomic mass is 9.95. The van der Waals surface area contributed by atoms with E-state index in [1.807, 2.05) is 0 Å². The molecule has 2 aliphatic rings. The van der Waals surface area contributed by atoms with Crippen molar-refractivity contribution in [3.8, 4) is 0 Å². The van der Waals surface area contributed by atoms with Gasteiger partial charge in [-0.2, -0.15) is 0 Å². The minimum Gasteiger partial charge on any atom is -0.308 e. The molecule has 0 aliphatic heterocycles. The largest absolute Gasteiger partial charge is 0.308 e. The maximum atomic E-state index is 5.70. The van der Waals surface area contributed by atoms with Crippen LogP contribution in [0.4, 0.5) is 5.82 Å². The molecule has 1 heterocycles. The molecule has 1 aromatic carbocycles. The smallest absolute Gasteiger partial charge is 0.147 e. The van der Waals surface area contributed by atoms with Crippen LogP contribution in [0.3, 0.4) is 0 Å². The van der Waals surface area contributed by atoms with Gasteiger partial charge in [0, 0.05) is 17.2 Å². The topological polar surface area (TPSA) is 63.8 Å². The van der Waals surface area contributed by atoms with Crippen molar-refractivity contribution in [2.75, 3.05) is 5.43 Å². The average Bonchev–Trinajstić information content (AvgIpc) is 2.98. The Kier molecular flexibility index (Phi) is 3.11. The molecule has 0 amide bonds. The van der Waals surface area contributed by atoms with E-state index in [4.69, 9.17) is 15.8 Å². The molecule has 4 rings (SSSR count). The molecule has 4 nitrogen and oxygen atoms in total. The van der Waals surface area contributed by atoms with Crippen LogP contribution in [0.2, 0.25) is 0 Å². The van der Waals surface area contributed by atoms with Gasteiger partial charge in [0.25, 0.3) is 0 Å². The summed E-state index contributed by atoms with van der Waals surface area (Å²) in [6.45, 7) is 0. The monoisotopic (exact) mass is 280 g/mol. The van der Waals surface area contributed by atoms with Crippen LogP contribution in [0.1, 0.15) is 53.4 Å². The fourth-order valence-electron chi connectivity index (χ4n) is 3.71. The van der Waals surface area contributed by atoms with Gasteiger partial charge in [-0.05, 0) is 49.7 Å². The number of nitrogens with zero attached hydrogens (tertiary/aromatic N) is 2. The lowest BCUT2D eigenvalue weighted by Crippen LogP contribution is -2.19. The molecule has 1 unspecified atom stereocenters. The van der Waals surface area contributed by atoms with Gasteiger partial charge in [-0.3, -0.25) is 0 Å². The molecule has 3 N–H and O–H groups in total. The highest BCUT2D eigenvalue weighted by Gasteiger charge is 2.28. The Morgan fingerprint density at radius 3 is 2.81 bits per heavy atom. The Bertz CT molecular complexity index is 663. The number of nitrogen functional groups attached to an aromatic ring is 1.